The molecular formula is C11H14BrN3. The van der Waals surface area contributed by atoms with Crippen LogP contribution in [0.2, 0.25) is 0 Å². The Morgan fingerprint density at radius 3 is 3.00 bits per heavy atom. The minimum atomic E-state index is 0.0161. The molecule has 0 fully saturated rings. The number of pyridine rings is 1. The highest BCUT2D eigenvalue weighted by Crippen LogP contribution is 2.22. The van der Waals surface area contributed by atoms with Gasteiger partial charge in [0.05, 0.1) is 22.4 Å². The van der Waals surface area contributed by atoms with E-state index in [1.807, 2.05) is 0 Å². The van der Waals surface area contributed by atoms with Crippen LogP contribution in [0.15, 0.2) is 16.7 Å². The molecule has 1 rings (SSSR count). The smallest absolute Gasteiger partial charge is 0.141 e. The number of nitrogens with zero attached hydrogens (tertiary/aromatic N) is 1. The van der Waals surface area contributed by atoms with E-state index in [9.17, 15) is 0 Å². The largest absolute Gasteiger partial charge is 0.397 e. The minimum absolute atomic E-state index is 0.0161. The average molecular weight is 268 g/mol. The first-order valence-corrected chi connectivity index (χ1v) is 5.60. The van der Waals surface area contributed by atoms with Gasteiger partial charge in [-0.05, 0) is 28.4 Å². The number of anilines is 2. The fraction of sp³-hybridized carbons (Fsp3) is 0.364. The number of halogens is 1. The second-order valence-corrected chi connectivity index (χ2v) is 4.11. The van der Waals surface area contributed by atoms with Crippen molar-refractivity contribution in [2.24, 2.45) is 0 Å². The number of aromatic nitrogens is 1. The monoisotopic (exact) mass is 267 g/mol. The summed E-state index contributed by atoms with van der Waals surface area (Å²) in [6, 6.07) is 1.82. The van der Waals surface area contributed by atoms with Crippen molar-refractivity contribution in [3.8, 4) is 12.3 Å². The summed E-state index contributed by atoms with van der Waals surface area (Å²) in [5.41, 5.74) is 6.21. The second kappa shape index (κ2) is 5.62. The van der Waals surface area contributed by atoms with Crippen LogP contribution in [-0.4, -0.2) is 11.0 Å². The molecule has 0 aromatic carbocycles. The van der Waals surface area contributed by atoms with Gasteiger partial charge >= 0.3 is 0 Å². The Balaban J connectivity index is 2.76. The molecular weight excluding hydrogens is 254 g/mol. The maximum absolute atomic E-state index is 5.59. The second-order valence-electron chi connectivity index (χ2n) is 3.25. The standard InChI is InChI=1S/C11H14BrN3/c1-3-5-9(4-2)15-11-10(12)6-8(13)7-14-11/h2,6-7,9H,3,5,13H2,1H3,(H,14,15). The molecule has 15 heavy (non-hydrogen) atoms. The SMILES string of the molecule is C#CC(CCC)Nc1ncc(N)cc1Br. The van der Waals surface area contributed by atoms with E-state index in [-0.39, 0.29) is 6.04 Å². The van der Waals surface area contributed by atoms with Crippen molar-refractivity contribution in [2.45, 2.75) is 25.8 Å². The lowest BCUT2D eigenvalue weighted by atomic mass is 10.2. The number of nitrogen functional groups attached to an aromatic ring is 1. The van der Waals surface area contributed by atoms with E-state index in [1.165, 1.54) is 0 Å². The lowest BCUT2D eigenvalue weighted by molar-refractivity contribution is 0.752. The molecule has 0 saturated heterocycles. The Morgan fingerprint density at radius 1 is 1.73 bits per heavy atom. The van der Waals surface area contributed by atoms with E-state index in [1.54, 1.807) is 12.3 Å². The van der Waals surface area contributed by atoms with Crippen LogP contribution in [0.5, 0.6) is 0 Å². The zero-order valence-corrected chi connectivity index (χ0v) is 10.2. The molecule has 0 radical (unpaired) electrons. The minimum Gasteiger partial charge on any atom is -0.397 e. The van der Waals surface area contributed by atoms with Gasteiger partial charge in [0.1, 0.15) is 5.82 Å². The molecule has 4 heteroatoms. The molecule has 3 N–H and O–H groups in total. The van der Waals surface area contributed by atoms with Crippen molar-refractivity contribution >= 4 is 27.4 Å². The van der Waals surface area contributed by atoms with Crippen LogP contribution in [0.1, 0.15) is 19.8 Å². The molecule has 1 atom stereocenters. The third-order valence-electron chi connectivity index (χ3n) is 1.95. The van der Waals surface area contributed by atoms with Gasteiger partial charge in [0.25, 0.3) is 0 Å². The maximum Gasteiger partial charge on any atom is 0.141 e. The van der Waals surface area contributed by atoms with Gasteiger partial charge in [0.2, 0.25) is 0 Å². The number of nitrogens with one attached hydrogen (secondary N) is 1. The fourth-order valence-corrected chi connectivity index (χ4v) is 1.69. The van der Waals surface area contributed by atoms with Crippen molar-refractivity contribution in [3.05, 3.63) is 16.7 Å². The van der Waals surface area contributed by atoms with Gasteiger partial charge < -0.3 is 11.1 Å². The summed E-state index contributed by atoms with van der Waals surface area (Å²) in [5.74, 6) is 3.43. The highest BCUT2D eigenvalue weighted by atomic mass is 79.9. The predicted molar refractivity (Wildman–Crippen MR) is 67.5 cm³/mol. The van der Waals surface area contributed by atoms with Crippen LogP contribution < -0.4 is 11.1 Å². The zero-order valence-electron chi connectivity index (χ0n) is 8.63. The van der Waals surface area contributed by atoms with Gasteiger partial charge in [-0.2, -0.15) is 0 Å². The first-order valence-electron chi connectivity index (χ1n) is 4.81. The van der Waals surface area contributed by atoms with Gasteiger partial charge in [-0.25, -0.2) is 4.98 Å². The molecule has 0 aliphatic carbocycles. The fourth-order valence-electron chi connectivity index (χ4n) is 1.21. The molecule has 1 heterocycles. The lowest BCUT2D eigenvalue weighted by Crippen LogP contribution is -2.17. The Kier molecular flexibility index (Phi) is 4.44. The molecule has 0 spiro atoms. The van der Waals surface area contributed by atoms with E-state index in [0.717, 1.165) is 23.1 Å². The Bertz CT molecular complexity index is 371. The zero-order chi connectivity index (χ0) is 11.3. The Morgan fingerprint density at radius 2 is 2.47 bits per heavy atom. The van der Waals surface area contributed by atoms with Crippen molar-refractivity contribution < 1.29 is 0 Å². The molecule has 1 aromatic heterocycles. The van der Waals surface area contributed by atoms with Gasteiger partial charge in [-0.15, -0.1) is 6.42 Å². The van der Waals surface area contributed by atoms with Crippen molar-refractivity contribution in [1.29, 1.82) is 0 Å². The highest BCUT2D eigenvalue weighted by molar-refractivity contribution is 9.10. The molecule has 1 aromatic rings. The molecule has 80 valence electrons. The van der Waals surface area contributed by atoms with E-state index in [4.69, 9.17) is 12.2 Å². The van der Waals surface area contributed by atoms with Crippen LogP contribution in [0.25, 0.3) is 0 Å². The number of nitrogens with two attached hydrogens (primary N) is 1. The third kappa shape index (κ3) is 3.45. The first kappa shape index (κ1) is 11.9. The first-order chi connectivity index (χ1) is 7.17. The van der Waals surface area contributed by atoms with Crippen molar-refractivity contribution in [1.82, 2.24) is 4.98 Å². The summed E-state index contributed by atoms with van der Waals surface area (Å²) in [4.78, 5) is 4.17. The molecule has 3 nitrogen and oxygen atoms in total. The summed E-state index contributed by atoms with van der Waals surface area (Å²) in [5, 5.41) is 3.18. The Hall–Kier alpha value is -1.21. The van der Waals surface area contributed by atoms with Crippen molar-refractivity contribution in [2.75, 3.05) is 11.1 Å². The predicted octanol–water partition coefficient (Wildman–Crippen LogP) is 2.64. The summed E-state index contributed by atoms with van der Waals surface area (Å²) in [6.45, 7) is 2.09. The highest BCUT2D eigenvalue weighted by Gasteiger charge is 2.07. The number of hydrogen-bond acceptors (Lipinski definition) is 3. The summed E-state index contributed by atoms with van der Waals surface area (Å²) >= 11 is 3.38. The van der Waals surface area contributed by atoms with Gasteiger partial charge in [-0.1, -0.05) is 19.3 Å². The molecule has 1 unspecified atom stereocenters. The molecule has 0 amide bonds. The normalized spacial score (nSPS) is 11.8. The van der Waals surface area contributed by atoms with Gasteiger partial charge in [-0.3, -0.25) is 0 Å². The number of terminal acetylenes is 1. The summed E-state index contributed by atoms with van der Waals surface area (Å²) in [6.07, 6.45) is 8.97. The summed E-state index contributed by atoms with van der Waals surface area (Å²) in [7, 11) is 0. The van der Waals surface area contributed by atoms with E-state index in [0.29, 0.717) is 5.69 Å². The third-order valence-corrected chi connectivity index (χ3v) is 2.56. The number of rotatable bonds is 4. The van der Waals surface area contributed by atoms with Crippen LogP contribution in [0.3, 0.4) is 0 Å². The van der Waals surface area contributed by atoms with Crippen molar-refractivity contribution in [3.63, 3.8) is 0 Å². The molecule has 0 aliphatic rings. The molecule has 0 aliphatic heterocycles. The van der Waals surface area contributed by atoms with Crippen LogP contribution in [-0.2, 0) is 0 Å². The van der Waals surface area contributed by atoms with E-state index < -0.39 is 0 Å². The maximum atomic E-state index is 5.59. The van der Waals surface area contributed by atoms with Crippen LogP contribution in [0, 0.1) is 12.3 Å². The van der Waals surface area contributed by atoms with Gasteiger partial charge in [0, 0.05) is 0 Å². The quantitative estimate of drug-likeness (QED) is 0.825. The van der Waals surface area contributed by atoms with E-state index in [2.05, 4.69) is 39.1 Å². The van der Waals surface area contributed by atoms with Crippen LogP contribution >= 0.6 is 15.9 Å². The van der Waals surface area contributed by atoms with Crippen LogP contribution in [0.4, 0.5) is 11.5 Å². The topological polar surface area (TPSA) is 50.9 Å². The molecule has 0 saturated carbocycles. The summed E-state index contributed by atoms with van der Waals surface area (Å²) < 4.78 is 0.832. The molecule has 0 bridgehead atoms. The Labute approximate surface area is 98.6 Å². The number of hydrogen-bond donors (Lipinski definition) is 2. The lowest BCUT2D eigenvalue weighted by Gasteiger charge is -2.13. The van der Waals surface area contributed by atoms with E-state index >= 15 is 0 Å². The average Bonchev–Trinajstić information content (AvgIpc) is 2.21. The van der Waals surface area contributed by atoms with Gasteiger partial charge in [0.15, 0.2) is 0 Å².